The fraction of sp³-hybridized carbons (Fsp3) is 0.611. The Hall–Kier alpha value is -1.59. The van der Waals surface area contributed by atoms with E-state index in [1.54, 1.807) is 0 Å². The summed E-state index contributed by atoms with van der Waals surface area (Å²) in [5, 5.41) is 3.09. The highest BCUT2D eigenvalue weighted by Gasteiger charge is 2.23. The van der Waals surface area contributed by atoms with Gasteiger partial charge in [0.15, 0.2) is 0 Å². The summed E-state index contributed by atoms with van der Waals surface area (Å²) < 4.78 is 5.38. The Bertz CT molecular complexity index is 512. The molecule has 1 N–H and O–H groups in total. The number of benzene rings is 1. The Balaban J connectivity index is 1.49. The lowest BCUT2D eigenvalue weighted by Crippen LogP contribution is -2.41. The number of likely N-dealkylation sites (tertiary alicyclic amines) is 1. The molecule has 126 valence electrons. The molecular formula is C18H27N3O2. The molecule has 5 heteroatoms. The molecule has 0 aliphatic carbocycles. The minimum atomic E-state index is 0.140. The van der Waals surface area contributed by atoms with Crippen molar-refractivity contribution in [1.82, 2.24) is 10.2 Å². The van der Waals surface area contributed by atoms with E-state index in [0.717, 1.165) is 57.8 Å². The van der Waals surface area contributed by atoms with E-state index >= 15 is 0 Å². The number of morpholine rings is 1. The van der Waals surface area contributed by atoms with Crippen molar-refractivity contribution >= 4 is 11.6 Å². The molecule has 2 saturated heterocycles. The van der Waals surface area contributed by atoms with Crippen molar-refractivity contribution in [2.45, 2.75) is 19.4 Å². The van der Waals surface area contributed by atoms with Crippen LogP contribution in [0.5, 0.6) is 0 Å². The van der Waals surface area contributed by atoms with Gasteiger partial charge >= 0.3 is 0 Å². The second kappa shape index (κ2) is 7.79. The summed E-state index contributed by atoms with van der Waals surface area (Å²) in [5.74, 6) is 0.329. The van der Waals surface area contributed by atoms with Crippen molar-refractivity contribution in [3.05, 3.63) is 29.8 Å². The summed E-state index contributed by atoms with van der Waals surface area (Å²) in [6.45, 7) is 6.09. The highest BCUT2D eigenvalue weighted by molar-refractivity contribution is 5.79. The lowest BCUT2D eigenvalue weighted by Gasteiger charge is -2.29. The fourth-order valence-corrected chi connectivity index (χ4v) is 3.36. The van der Waals surface area contributed by atoms with Gasteiger partial charge in [0, 0.05) is 31.9 Å². The van der Waals surface area contributed by atoms with E-state index in [1.807, 2.05) is 0 Å². The Kier molecular flexibility index (Phi) is 5.51. The molecule has 0 unspecified atom stereocenters. The maximum atomic E-state index is 12.3. The van der Waals surface area contributed by atoms with Crippen LogP contribution in [0.25, 0.3) is 0 Å². The molecule has 1 atom stereocenters. The molecule has 0 spiro atoms. The number of hydrogen-bond donors (Lipinski definition) is 1. The van der Waals surface area contributed by atoms with Gasteiger partial charge in [-0.2, -0.15) is 0 Å². The number of nitrogens with one attached hydrogen (secondary N) is 1. The molecule has 0 radical (unpaired) electrons. The van der Waals surface area contributed by atoms with Crippen molar-refractivity contribution in [1.29, 1.82) is 0 Å². The predicted octanol–water partition coefficient (Wildman–Crippen LogP) is 1.48. The Morgan fingerprint density at radius 2 is 1.96 bits per heavy atom. The van der Waals surface area contributed by atoms with Gasteiger partial charge in [0.05, 0.1) is 19.1 Å². The molecule has 1 aromatic rings. The molecule has 2 aliphatic rings. The van der Waals surface area contributed by atoms with Crippen LogP contribution in [-0.2, 0) is 16.1 Å². The Labute approximate surface area is 138 Å². The van der Waals surface area contributed by atoms with Crippen LogP contribution in [0.15, 0.2) is 24.3 Å². The highest BCUT2D eigenvalue weighted by Crippen LogP contribution is 2.18. The standard InChI is InChI=1S/C18H27N3O2/c1-20-8-2-3-16(14-20)18(22)19-13-15-4-6-17(7-5-15)21-9-11-23-12-10-21/h4-7,16H,2-3,8-14H2,1H3,(H,19,22)/t16-/m1/s1. The lowest BCUT2D eigenvalue weighted by atomic mass is 9.97. The van der Waals surface area contributed by atoms with Gasteiger partial charge in [0.1, 0.15) is 0 Å². The fourth-order valence-electron chi connectivity index (χ4n) is 3.36. The van der Waals surface area contributed by atoms with Gasteiger partial charge in [-0.3, -0.25) is 4.79 Å². The Morgan fingerprint density at radius 1 is 1.22 bits per heavy atom. The molecule has 23 heavy (non-hydrogen) atoms. The van der Waals surface area contributed by atoms with Gasteiger partial charge in [-0.1, -0.05) is 12.1 Å². The summed E-state index contributed by atoms with van der Waals surface area (Å²) in [6, 6.07) is 8.50. The van der Waals surface area contributed by atoms with Crippen LogP contribution in [-0.4, -0.2) is 57.2 Å². The number of anilines is 1. The molecule has 5 nitrogen and oxygen atoms in total. The maximum Gasteiger partial charge on any atom is 0.224 e. The van der Waals surface area contributed by atoms with Crippen molar-refractivity contribution in [2.75, 3.05) is 51.3 Å². The molecule has 1 aromatic carbocycles. The van der Waals surface area contributed by atoms with Crippen molar-refractivity contribution < 1.29 is 9.53 Å². The lowest BCUT2D eigenvalue weighted by molar-refractivity contribution is -0.126. The first-order valence-electron chi connectivity index (χ1n) is 8.60. The zero-order valence-electron chi connectivity index (χ0n) is 14.0. The third kappa shape index (κ3) is 4.45. The molecule has 1 amide bonds. The quantitative estimate of drug-likeness (QED) is 0.914. The van der Waals surface area contributed by atoms with E-state index in [0.29, 0.717) is 6.54 Å². The number of carbonyl (C=O) groups is 1. The van der Waals surface area contributed by atoms with Crippen LogP contribution >= 0.6 is 0 Å². The smallest absolute Gasteiger partial charge is 0.224 e. The molecule has 0 bridgehead atoms. The van der Waals surface area contributed by atoms with Crippen LogP contribution in [0.1, 0.15) is 18.4 Å². The largest absolute Gasteiger partial charge is 0.378 e. The van der Waals surface area contributed by atoms with Crippen LogP contribution in [0, 0.1) is 5.92 Å². The number of carbonyl (C=O) groups excluding carboxylic acids is 1. The average Bonchev–Trinajstić information content (AvgIpc) is 2.61. The summed E-state index contributed by atoms with van der Waals surface area (Å²) in [6.07, 6.45) is 2.12. The summed E-state index contributed by atoms with van der Waals surface area (Å²) in [7, 11) is 2.09. The number of hydrogen-bond acceptors (Lipinski definition) is 4. The topological polar surface area (TPSA) is 44.8 Å². The third-order valence-electron chi connectivity index (χ3n) is 4.77. The molecule has 2 fully saturated rings. The highest BCUT2D eigenvalue weighted by atomic mass is 16.5. The summed E-state index contributed by atoms with van der Waals surface area (Å²) in [5.41, 5.74) is 2.39. The van der Waals surface area contributed by atoms with Crippen molar-refractivity contribution in [2.24, 2.45) is 5.92 Å². The second-order valence-electron chi connectivity index (χ2n) is 6.59. The van der Waals surface area contributed by atoms with E-state index in [9.17, 15) is 4.79 Å². The molecule has 0 aromatic heterocycles. The van der Waals surface area contributed by atoms with E-state index < -0.39 is 0 Å². The van der Waals surface area contributed by atoms with Gasteiger partial charge in [0.25, 0.3) is 0 Å². The molecular weight excluding hydrogens is 290 g/mol. The van der Waals surface area contributed by atoms with E-state index in [2.05, 4.69) is 46.4 Å². The Morgan fingerprint density at radius 3 is 2.65 bits per heavy atom. The minimum absolute atomic E-state index is 0.140. The molecule has 0 saturated carbocycles. The number of ether oxygens (including phenoxy) is 1. The summed E-state index contributed by atoms with van der Waals surface area (Å²) >= 11 is 0. The SMILES string of the molecule is CN1CCC[C@@H](C(=O)NCc2ccc(N3CCOCC3)cc2)C1. The van der Waals surface area contributed by atoms with Crippen LogP contribution in [0.3, 0.4) is 0 Å². The predicted molar refractivity (Wildman–Crippen MR) is 91.5 cm³/mol. The van der Waals surface area contributed by atoms with Crippen molar-refractivity contribution in [3.63, 3.8) is 0 Å². The first kappa shape index (κ1) is 16.3. The number of rotatable bonds is 4. The molecule has 2 aliphatic heterocycles. The van der Waals surface area contributed by atoms with E-state index in [1.165, 1.54) is 5.69 Å². The van der Waals surface area contributed by atoms with Gasteiger partial charge in [-0.25, -0.2) is 0 Å². The zero-order valence-corrected chi connectivity index (χ0v) is 14.0. The number of piperidine rings is 1. The average molecular weight is 317 g/mol. The number of amides is 1. The van der Waals surface area contributed by atoms with Crippen LogP contribution in [0.2, 0.25) is 0 Å². The second-order valence-corrected chi connectivity index (χ2v) is 6.59. The van der Waals surface area contributed by atoms with Crippen molar-refractivity contribution in [3.8, 4) is 0 Å². The first-order chi connectivity index (χ1) is 11.2. The van der Waals surface area contributed by atoms with E-state index in [-0.39, 0.29) is 11.8 Å². The minimum Gasteiger partial charge on any atom is -0.378 e. The number of nitrogens with zero attached hydrogens (tertiary/aromatic N) is 2. The van der Waals surface area contributed by atoms with Gasteiger partial charge in [-0.05, 0) is 44.1 Å². The van der Waals surface area contributed by atoms with Gasteiger partial charge < -0.3 is 19.9 Å². The normalized spacial score (nSPS) is 22.8. The van der Waals surface area contributed by atoms with Gasteiger partial charge in [-0.15, -0.1) is 0 Å². The first-order valence-corrected chi connectivity index (χ1v) is 8.60. The molecule has 2 heterocycles. The molecule has 3 rings (SSSR count). The monoisotopic (exact) mass is 317 g/mol. The summed E-state index contributed by atoms with van der Waals surface area (Å²) in [4.78, 5) is 16.8. The van der Waals surface area contributed by atoms with Crippen LogP contribution < -0.4 is 10.2 Å². The van der Waals surface area contributed by atoms with Crippen LogP contribution in [0.4, 0.5) is 5.69 Å². The van der Waals surface area contributed by atoms with E-state index in [4.69, 9.17) is 4.74 Å². The third-order valence-corrected chi connectivity index (χ3v) is 4.77. The van der Waals surface area contributed by atoms with Gasteiger partial charge in [0.2, 0.25) is 5.91 Å². The maximum absolute atomic E-state index is 12.3. The zero-order chi connectivity index (χ0) is 16.1.